The Hall–Kier alpha value is -1.68. The van der Waals surface area contributed by atoms with E-state index in [0.29, 0.717) is 0 Å². The molecule has 17 heteroatoms. The number of carbonyl (C=O) groups excluding carboxylic acids is 2. The molecule has 3 nitrogen and oxygen atoms in total. The van der Waals surface area contributed by atoms with E-state index in [4.69, 9.17) is 4.79 Å². The monoisotopic (exact) mass is 462 g/mol. The molecule has 2 unspecified atom stereocenters. The van der Waals surface area contributed by atoms with Crippen LogP contribution >= 0.6 is 0 Å². The minimum absolute atomic E-state index is 0. The molecule has 0 heterocycles. The highest BCUT2D eigenvalue weighted by atomic mass is 19.4. The topological polar surface area (TPSA) is 43.4 Å². The lowest BCUT2D eigenvalue weighted by molar-refractivity contribution is -0.486. The maximum atomic E-state index is 13.0. The van der Waals surface area contributed by atoms with Crippen molar-refractivity contribution in [1.82, 2.24) is 0 Å². The lowest BCUT2D eigenvalue weighted by Crippen LogP contribution is -2.69. The van der Waals surface area contributed by atoms with Gasteiger partial charge in [0.2, 0.25) is 0 Å². The maximum absolute atomic E-state index is 13.0. The van der Waals surface area contributed by atoms with Gasteiger partial charge >= 0.3 is 42.6 Å². The Labute approximate surface area is 149 Å². The summed E-state index contributed by atoms with van der Waals surface area (Å²) in [5, 5.41) is 0. The predicted molar refractivity (Wildman–Crippen MR) is 67.6 cm³/mol. The molecule has 0 fully saturated rings. The second-order valence-corrected chi connectivity index (χ2v) is 3.30. The smallest absolute Gasteiger partial charge is 0.257 e. The number of ether oxygens (including phenoxy) is 1. The van der Waals surface area contributed by atoms with E-state index in [-0.39, 0.29) is 29.7 Å². The molecule has 0 aromatic carbocycles. The predicted octanol–water partition coefficient (Wildman–Crippen LogP) is 7.11. The lowest BCUT2D eigenvalue weighted by atomic mass is 9.95. The Balaban J connectivity index is -0.000000137. The zero-order valence-electron chi connectivity index (χ0n) is 10.0. The molecular weight excluding hydrogens is 446 g/mol. The van der Waals surface area contributed by atoms with Crippen LogP contribution in [-0.4, -0.2) is 42.6 Å². The third kappa shape index (κ3) is 9.50. The summed E-state index contributed by atoms with van der Waals surface area (Å²) in [5.74, 6) is -7.36. The van der Waals surface area contributed by atoms with E-state index in [2.05, 4.69) is 0 Å². The van der Waals surface area contributed by atoms with E-state index < -0.39 is 42.6 Å². The van der Waals surface area contributed by atoms with Gasteiger partial charge in [-0.3, -0.25) is 4.79 Å². The van der Waals surface area contributed by atoms with Gasteiger partial charge in [0.15, 0.2) is 0 Å². The first-order valence-electron chi connectivity index (χ1n) is 4.46. The van der Waals surface area contributed by atoms with E-state index in [9.17, 15) is 66.3 Å². The summed E-state index contributed by atoms with van der Waals surface area (Å²) in [5.41, 5.74) is -7.26. The Bertz CT molecular complexity index is 465. The summed E-state index contributed by atoms with van der Waals surface area (Å²) in [6, 6.07) is -4.70. The van der Waals surface area contributed by atoms with Crippen molar-refractivity contribution in [2.24, 2.45) is 0 Å². The Kier molecular flexibility index (Phi) is 17.5. The first-order valence-corrected chi connectivity index (χ1v) is 4.46. The molecule has 28 heavy (non-hydrogen) atoms. The van der Waals surface area contributed by atoms with Gasteiger partial charge in [0.05, 0.1) is 0 Å². The molecule has 0 amide bonds. The summed E-state index contributed by atoms with van der Waals surface area (Å²) < 4.78 is 165. The lowest BCUT2D eigenvalue weighted by Gasteiger charge is -2.37. The Morgan fingerprint density at radius 1 is 0.571 bits per heavy atom. The Morgan fingerprint density at radius 3 is 0.929 bits per heavy atom. The first kappa shape index (κ1) is 40.9. The van der Waals surface area contributed by atoms with Gasteiger partial charge in [0.1, 0.15) is 0 Å². The molecule has 0 spiro atoms. The van der Waals surface area contributed by atoms with Crippen LogP contribution in [0.25, 0.3) is 0 Å². The number of hydrogen-bond acceptors (Lipinski definition) is 3. The molecule has 0 saturated carbocycles. The summed E-state index contributed by atoms with van der Waals surface area (Å²) in [7, 11) is 0. The SMILES string of the molecule is C.C.C.C.O=C(F)C(F)(C(F)(F)F)C(F)(OC(F)(F)F)C(F)(F)F.O=C(F)F. The third-order valence-corrected chi connectivity index (χ3v) is 1.73. The van der Waals surface area contributed by atoms with Crippen LogP contribution in [0.1, 0.15) is 29.7 Å². The molecule has 0 bridgehead atoms. The fourth-order valence-electron chi connectivity index (χ4n) is 0.903. The molecule has 0 radical (unpaired) electrons. The van der Waals surface area contributed by atoms with E-state index in [1.165, 1.54) is 4.74 Å². The van der Waals surface area contributed by atoms with E-state index >= 15 is 0 Å². The van der Waals surface area contributed by atoms with Gasteiger partial charge in [0, 0.05) is 0 Å². The van der Waals surface area contributed by atoms with Crippen LogP contribution in [0.3, 0.4) is 0 Å². The third-order valence-electron chi connectivity index (χ3n) is 1.73. The quantitative estimate of drug-likeness (QED) is 0.332. The van der Waals surface area contributed by atoms with Crippen LogP contribution in [0, 0.1) is 0 Å². The van der Waals surface area contributed by atoms with Crippen molar-refractivity contribution in [3.05, 3.63) is 0 Å². The zero-order chi connectivity index (χ0) is 20.4. The number of hydrogen-bond donors (Lipinski definition) is 0. The van der Waals surface area contributed by atoms with Gasteiger partial charge in [-0.1, -0.05) is 29.7 Å². The van der Waals surface area contributed by atoms with Gasteiger partial charge < -0.3 is 0 Å². The normalized spacial score (nSPS) is 15.4. The molecule has 0 aliphatic rings. The average molecular weight is 462 g/mol. The minimum Gasteiger partial charge on any atom is -0.257 e. The molecule has 0 aliphatic carbocycles. The van der Waals surface area contributed by atoms with Gasteiger partial charge in [-0.2, -0.15) is 35.1 Å². The first-order chi connectivity index (χ1) is 10.1. The fraction of sp³-hybridized carbons (Fsp3) is 0.818. The Morgan fingerprint density at radius 2 is 0.821 bits per heavy atom. The summed E-state index contributed by atoms with van der Waals surface area (Å²) in [6.07, 6.45) is -24.3. The van der Waals surface area contributed by atoms with E-state index in [0.717, 1.165) is 0 Å². The second kappa shape index (κ2) is 12.0. The van der Waals surface area contributed by atoms with Crippen LogP contribution in [0.2, 0.25) is 0 Å². The maximum Gasteiger partial charge on any atom is 0.525 e. The molecule has 0 N–H and O–H groups in total. The molecule has 0 aliphatic heterocycles. The van der Waals surface area contributed by atoms with Crippen molar-refractivity contribution in [2.75, 3.05) is 0 Å². The summed E-state index contributed by atoms with van der Waals surface area (Å²) >= 11 is 0. The van der Waals surface area contributed by atoms with Crippen LogP contribution in [0.4, 0.5) is 66.3 Å². The minimum atomic E-state index is -7.38. The van der Waals surface area contributed by atoms with Gasteiger partial charge in [-0.05, 0) is 0 Å². The van der Waals surface area contributed by atoms with Crippen LogP contribution in [0.15, 0.2) is 0 Å². The summed E-state index contributed by atoms with van der Waals surface area (Å²) in [6.45, 7) is 0. The number of carbonyl (C=O) groups is 2. The van der Waals surface area contributed by atoms with Crippen molar-refractivity contribution in [3.63, 3.8) is 0 Å². The van der Waals surface area contributed by atoms with Crippen molar-refractivity contribution in [3.8, 4) is 0 Å². The van der Waals surface area contributed by atoms with Gasteiger partial charge in [-0.25, -0.2) is 13.9 Å². The standard InChI is InChI=1S/C6F12O2.CF2O.4CH4/c7-1(19)2(8,4(10,11)12)3(9,5(13,14)15)20-6(16,17)18;2-1(3)4;;;;/h;;4*1H4. The number of alkyl halides is 11. The highest BCUT2D eigenvalue weighted by molar-refractivity contribution is 5.81. The highest BCUT2D eigenvalue weighted by Gasteiger charge is 2.87. The van der Waals surface area contributed by atoms with E-state index in [1.807, 2.05) is 0 Å². The average Bonchev–Trinajstić information content (AvgIpc) is 2.20. The molecule has 2 atom stereocenters. The van der Waals surface area contributed by atoms with E-state index in [1.54, 1.807) is 0 Å². The van der Waals surface area contributed by atoms with Gasteiger partial charge in [0.25, 0.3) is 0 Å². The molecule has 0 saturated heterocycles. The largest absolute Gasteiger partial charge is 0.525 e. The fourth-order valence-corrected chi connectivity index (χ4v) is 0.903. The summed E-state index contributed by atoms with van der Waals surface area (Å²) in [4.78, 5) is 17.9. The van der Waals surface area contributed by atoms with Crippen molar-refractivity contribution < 1.29 is 75.8 Å². The molecule has 0 aromatic rings. The van der Waals surface area contributed by atoms with Crippen molar-refractivity contribution >= 4 is 12.3 Å². The van der Waals surface area contributed by atoms with Gasteiger partial charge in [-0.15, -0.1) is 22.0 Å². The van der Waals surface area contributed by atoms with Crippen molar-refractivity contribution in [1.29, 1.82) is 0 Å². The zero-order valence-corrected chi connectivity index (χ0v) is 10.0. The number of rotatable bonds is 3. The van der Waals surface area contributed by atoms with Crippen molar-refractivity contribution in [2.45, 2.75) is 59.9 Å². The number of halogens is 14. The molecule has 0 rings (SSSR count). The highest BCUT2D eigenvalue weighted by Crippen LogP contribution is 2.54. The molecular formula is C11H16F14O3. The van der Waals surface area contributed by atoms with Crippen LogP contribution < -0.4 is 0 Å². The molecule has 0 aromatic heterocycles. The molecule has 176 valence electrons. The van der Waals surface area contributed by atoms with Crippen LogP contribution in [0.5, 0.6) is 0 Å². The second-order valence-electron chi connectivity index (χ2n) is 3.30. The van der Waals surface area contributed by atoms with Crippen LogP contribution in [-0.2, 0) is 9.53 Å².